The summed E-state index contributed by atoms with van der Waals surface area (Å²) < 4.78 is 6.60. The first-order chi connectivity index (χ1) is 10.0. The third-order valence-corrected chi connectivity index (χ3v) is 5.68. The van der Waals surface area contributed by atoms with Gasteiger partial charge in [0.1, 0.15) is 10.4 Å². The highest BCUT2D eigenvalue weighted by molar-refractivity contribution is 9.10. The first kappa shape index (κ1) is 18.9. The lowest BCUT2D eigenvalue weighted by Gasteiger charge is -2.21. The molecule has 1 rings (SSSR count). The van der Waals surface area contributed by atoms with E-state index in [0.717, 1.165) is 35.5 Å². The summed E-state index contributed by atoms with van der Waals surface area (Å²) in [4.78, 5) is 15.3. The minimum atomic E-state index is -0.464. The lowest BCUT2D eigenvalue weighted by Crippen LogP contribution is -2.36. The molecular weight excluding hydrogens is 376 g/mol. The normalized spacial score (nSPS) is 12.7. The summed E-state index contributed by atoms with van der Waals surface area (Å²) >= 11 is 10.8. The molecule has 0 bridgehead atoms. The number of nitrogens with one attached hydrogen (secondary N) is 1. The van der Waals surface area contributed by atoms with E-state index in [1.165, 1.54) is 11.3 Å². The fourth-order valence-electron chi connectivity index (χ4n) is 1.94. The van der Waals surface area contributed by atoms with Gasteiger partial charge in [0.05, 0.1) is 6.61 Å². The largest absolute Gasteiger partial charge is 0.465 e. The van der Waals surface area contributed by atoms with E-state index in [0.29, 0.717) is 10.9 Å². The molecule has 0 radical (unpaired) electrons. The van der Waals surface area contributed by atoms with Crippen LogP contribution in [0.2, 0.25) is 4.34 Å². The van der Waals surface area contributed by atoms with Crippen molar-refractivity contribution in [2.24, 2.45) is 0 Å². The van der Waals surface area contributed by atoms with Gasteiger partial charge in [0.2, 0.25) is 0 Å². The summed E-state index contributed by atoms with van der Waals surface area (Å²) in [7, 11) is 0. The van der Waals surface area contributed by atoms with Gasteiger partial charge in [-0.1, -0.05) is 25.4 Å². The zero-order valence-electron chi connectivity index (χ0n) is 12.6. The molecular formula is C14H22BrClN2O2S. The maximum atomic E-state index is 12.1. The molecule has 1 N–H and O–H groups in total. The zero-order valence-corrected chi connectivity index (χ0v) is 15.8. The van der Waals surface area contributed by atoms with Gasteiger partial charge in [0, 0.05) is 22.4 Å². The quantitative estimate of drug-likeness (QED) is 0.645. The molecule has 1 unspecified atom stereocenters. The minimum absolute atomic E-state index is 0.262. The third-order valence-electron chi connectivity index (χ3n) is 3.14. The number of nitrogens with zero attached hydrogens (tertiary/aromatic N) is 1. The van der Waals surface area contributed by atoms with Crippen LogP contribution in [0.4, 0.5) is 0 Å². The lowest BCUT2D eigenvalue weighted by molar-refractivity contribution is -0.145. The van der Waals surface area contributed by atoms with E-state index in [9.17, 15) is 4.79 Å². The zero-order chi connectivity index (χ0) is 15.8. The van der Waals surface area contributed by atoms with Crippen LogP contribution in [-0.4, -0.2) is 43.7 Å². The van der Waals surface area contributed by atoms with E-state index in [2.05, 4.69) is 40.0 Å². The van der Waals surface area contributed by atoms with Crippen molar-refractivity contribution in [2.45, 2.75) is 26.8 Å². The van der Waals surface area contributed by atoms with Crippen molar-refractivity contribution in [3.8, 4) is 0 Å². The third kappa shape index (κ3) is 5.87. The number of ether oxygens (including phenoxy) is 1. The molecule has 0 aliphatic carbocycles. The molecule has 1 atom stereocenters. The minimum Gasteiger partial charge on any atom is -0.465 e. The molecule has 1 aromatic heterocycles. The van der Waals surface area contributed by atoms with Crippen molar-refractivity contribution in [1.82, 2.24) is 10.2 Å². The smallest absolute Gasteiger partial charge is 0.328 e. The average molecular weight is 398 g/mol. The summed E-state index contributed by atoms with van der Waals surface area (Å²) in [6, 6.07) is 1.41. The number of hydrogen-bond donors (Lipinski definition) is 1. The van der Waals surface area contributed by atoms with Gasteiger partial charge in [-0.05, 0) is 42.0 Å². The molecule has 0 spiro atoms. The van der Waals surface area contributed by atoms with E-state index < -0.39 is 6.04 Å². The first-order valence-corrected chi connectivity index (χ1v) is 9.09. The maximum absolute atomic E-state index is 12.1. The predicted octanol–water partition coefficient (Wildman–Crippen LogP) is 3.70. The Bertz CT molecular complexity index is 433. The Labute approximate surface area is 143 Å². The summed E-state index contributed by atoms with van der Waals surface area (Å²) in [5.41, 5.74) is 0. The fourth-order valence-corrected chi connectivity index (χ4v) is 3.74. The van der Waals surface area contributed by atoms with E-state index in [4.69, 9.17) is 16.3 Å². The van der Waals surface area contributed by atoms with Crippen LogP contribution in [0.5, 0.6) is 0 Å². The number of esters is 1. The van der Waals surface area contributed by atoms with Crippen LogP contribution >= 0.6 is 38.9 Å². The average Bonchev–Trinajstić information content (AvgIpc) is 2.78. The second-order valence-corrected chi connectivity index (χ2v) is 6.98. The van der Waals surface area contributed by atoms with Crippen molar-refractivity contribution in [2.75, 3.05) is 32.8 Å². The van der Waals surface area contributed by atoms with Crippen molar-refractivity contribution in [3.05, 3.63) is 19.8 Å². The predicted molar refractivity (Wildman–Crippen MR) is 92.2 cm³/mol. The Kier molecular flexibility index (Phi) is 8.82. The second kappa shape index (κ2) is 9.79. The molecule has 0 aliphatic heterocycles. The summed E-state index contributed by atoms with van der Waals surface area (Å²) in [5.74, 6) is -0.262. The topological polar surface area (TPSA) is 41.6 Å². The molecule has 4 nitrogen and oxygen atoms in total. The lowest BCUT2D eigenvalue weighted by atomic mass is 10.2. The Morgan fingerprint density at radius 1 is 1.48 bits per heavy atom. The monoisotopic (exact) mass is 396 g/mol. The van der Waals surface area contributed by atoms with E-state index in [-0.39, 0.29) is 5.97 Å². The number of carbonyl (C=O) groups is 1. The number of halogens is 2. The second-order valence-electron chi connectivity index (χ2n) is 4.44. The number of thiophene rings is 1. The van der Waals surface area contributed by atoms with Crippen LogP contribution in [0.3, 0.4) is 0 Å². The molecule has 7 heteroatoms. The highest BCUT2D eigenvalue weighted by Gasteiger charge is 2.24. The number of likely N-dealkylation sites (N-methyl/N-ethyl adjacent to an activating group) is 1. The number of carbonyl (C=O) groups excluding carboxylic acids is 1. The fraction of sp³-hybridized carbons (Fsp3) is 0.643. The van der Waals surface area contributed by atoms with Gasteiger partial charge in [0.25, 0.3) is 0 Å². The van der Waals surface area contributed by atoms with Crippen LogP contribution in [-0.2, 0) is 9.53 Å². The van der Waals surface area contributed by atoms with Crippen LogP contribution in [0.1, 0.15) is 31.7 Å². The van der Waals surface area contributed by atoms with E-state index in [1.807, 2.05) is 13.0 Å². The highest BCUT2D eigenvalue weighted by Crippen LogP contribution is 2.35. The molecule has 21 heavy (non-hydrogen) atoms. The molecule has 0 aromatic carbocycles. The highest BCUT2D eigenvalue weighted by atomic mass is 79.9. The van der Waals surface area contributed by atoms with Crippen LogP contribution in [0, 0.1) is 0 Å². The summed E-state index contributed by atoms with van der Waals surface area (Å²) in [6.07, 6.45) is 0. The van der Waals surface area contributed by atoms with Crippen LogP contribution in [0.25, 0.3) is 0 Å². The molecule has 0 amide bonds. The first-order valence-electron chi connectivity index (χ1n) is 7.10. The molecule has 0 saturated heterocycles. The SMILES string of the molecule is CCOC(=O)C(NCCN(CC)CC)c1cc(Br)c(Cl)s1. The van der Waals surface area contributed by atoms with Crippen LogP contribution < -0.4 is 5.32 Å². The van der Waals surface area contributed by atoms with Gasteiger partial charge in [-0.2, -0.15) is 0 Å². The van der Waals surface area contributed by atoms with Crippen molar-refractivity contribution in [3.63, 3.8) is 0 Å². The Morgan fingerprint density at radius 2 is 2.14 bits per heavy atom. The van der Waals surface area contributed by atoms with Gasteiger partial charge in [-0.15, -0.1) is 11.3 Å². The standard InChI is InChI=1S/C14H22BrClN2O2S/c1-4-18(5-2)8-7-17-12(14(19)20-6-3)11-9-10(15)13(16)21-11/h9,12,17H,4-8H2,1-3H3. The van der Waals surface area contributed by atoms with E-state index >= 15 is 0 Å². The Hall–Kier alpha value is -0.140. The molecule has 0 aliphatic rings. The Morgan fingerprint density at radius 3 is 2.62 bits per heavy atom. The molecule has 0 saturated carbocycles. The number of rotatable bonds is 9. The van der Waals surface area contributed by atoms with Gasteiger partial charge in [-0.3, -0.25) is 5.32 Å². The molecule has 1 aromatic rings. The number of hydrogen-bond acceptors (Lipinski definition) is 5. The van der Waals surface area contributed by atoms with Crippen LogP contribution in [0.15, 0.2) is 10.5 Å². The van der Waals surface area contributed by atoms with Crippen molar-refractivity contribution in [1.29, 1.82) is 0 Å². The molecule has 1 heterocycles. The van der Waals surface area contributed by atoms with Gasteiger partial charge >= 0.3 is 5.97 Å². The van der Waals surface area contributed by atoms with Gasteiger partial charge in [0.15, 0.2) is 0 Å². The summed E-state index contributed by atoms with van der Waals surface area (Å²) in [6.45, 7) is 10.0. The van der Waals surface area contributed by atoms with Crippen molar-refractivity contribution < 1.29 is 9.53 Å². The molecule has 120 valence electrons. The van der Waals surface area contributed by atoms with E-state index in [1.54, 1.807) is 0 Å². The maximum Gasteiger partial charge on any atom is 0.328 e. The molecule has 0 fully saturated rings. The van der Waals surface area contributed by atoms with Crippen molar-refractivity contribution >= 4 is 44.8 Å². The Balaban J connectivity index is 2.71. The summed E-state index contributed by atoms with van der Waals surface area (Å²) in [5, 5.41) is 3.28. The van der Waals surface area contributed by atoms with Gasteiger partial charge in [-0.25, -0.2) is 4.79 Å². The van der Waals surface area contributed by atoms with Gasteiger partial charge < -0.3 is 9.64 Å².